The van der Waals surface area contributed by atoms with Crippen LogP contribution in [0.1, 0.15) is 65.9 Å². The number of aromatic nitrogens is 1. The summed E-state index contributed by atoms with van der Waals surface area (Å²) in [6.45, 7) is 5.48. The Morgan fingerprint density at radius 1 is 1.12 bits per heavy atom. The molecule has 0 spiro atoms. The molecule has 8 heteroatoms. The molecule has 1 aromatic heterocycles. The molecule has 0 bridgehead atoms. The van der Waals surface area contributed by atoms with Crippen molar-refractivity contribution in [2.45, 2.75) is 64.7 Å². The highest BCUT2D eigenvalue weighted by atomic mass is 31.0. The Morgan fingerprint density at radius 3 is 2.56 bits per heavy atom. The van der Waals surface area contributed by atoms with Crippen molar-refractivity contribution in [3.05, 3.63) is 63.6 Å². The van der Waals surface area contributed by atoms with E-state index in [4.69, 9.17) is 4.52 Å². The Balaban J connectivity index is 0.00000133. The molecule has 2 aliphatic heterocycles. The van der Waals surface area contributed by atoms with Gasteiger partial charge in [0.1, 0.15) is 6.17 Å². The number of hydrogen-bond donors (Lipinski definition) is 0. The molecule has 1 aromatic carbocycles. The number of likely N-dealkylation sites (N-methyl/N-ethyl adjacent to an activating group) is 1. The fraction of sp³-hybridized carbons (Fsp3) is 0.500. The lowest BCUT2D eigenvalue weighted by Gasteiger charge is -2.51. The summed E-state index contributed by atoms with van der Waals surface area (Å²) in [6.07, 6.45) is 5.51. The minimum atomic E-state index is -0.510. The van der Waals surface area contributed by atoms with E-state index in [1.165, 1.54) is 0 Å². The van der Waals surface area contributed by atoms with E-state index in [2.05, 4.69) is 14.4 Å². The van der Waals surface area contributed by atoms with Crippen molar-refractivity contribution in [3.63, 3.8) is 0 Å². The zero-order chi connectivity index (χ0) is 24.4. The molecule has 1 saturated carbocycles. The van der Waals surface area contributed by atoms with E-state index in [0.29, 0.717) is 18.9 Å². The highest BCUT2D eigenvalue weighted by Crippen LogP contribution is 2.40. The SMILES string of the molecule is CC.CN1C[C@@H]2CCC[C@@H]2N2C(=O)c3c(OP)c(=O)c(C(=O)CCc4ccccc4)cn3C[C@@H]12. The number of rotatable bonds is 5. The van der Waals surface area contributed by atoms with Crippen LogP contribution >= 0.6 is 9.47 Å². The molecule has 5 rings (SSSR count). The summed E-state index contributed by atoms with van der Waals surface area (Å²) >= 11 is 0. The largest absolute Gasteiger partial charge is 0.474 e. The average molecular weight is 484 g/mol. The lowest BCUT2D eigenvalue weighted by Crippen LogP contribution is -2.65. The van der Waals surface area contributed by atoms with Gasteiger partial charge in [0.2, 0.25) is 5.43 Å². The third kappa shape index (κ3) is 4.32. The van der Waals surface area contributed by atoms with Crippen molar-refractivity contribution < 1.29 is 14.1 Å². The number of pyridine rings is 1. The number of amides is 1. The second-order valence-electron chi connectivity index (χ2n) is 9.12. The molecule has 0 N–H and O–H groups in total. The highest BCUT2D eigenvalue weighted by Gasteiger charge is 2.48. The van der Waals surface area contributed by atoms with Crippen LogP contribution in [0.15, 0.2) is 41.3 Å². The summed E-state index contributed by atoms with van der Waals surface area (Å²) in [4.78, 5) is 44.0. The number of carbonyl (C=O) groups is 2. The molecule has 182 valence electrons. The lowest BCUT2D eigenvalue weighted by atomic mass is 9.94. The van der Waals surface area contributed by atoms with Gasteiger partial charge in [-0.2, -0.15) is 0 Å². The van der Waals surface area contributed by atoms with Gasteiger partial charge in [-0.05, 0) is 37.8 Å². The molecule has 1 unspecified atom stereocenters. The summed E-state index contributed by atoms with van der Waals surface area (Å²) in [6, 6.07) is 9.93. The highest BCUT2D eigenvalue weighted by molar-refractivity contribution is 7.10. The predicted molar refractivity (Wildman–Crippen MR) is 135 cm³/mol. The summed E-state index contributed by atoms with van der Waals surface area (Å²) in [5.41, 5.74) is 0.869. The van der Waals surface area contributed by atoms with Gasteiger partial charge in [-0.1, -0.05) is 50.6 Å². The number of nitrogens with zero attached hydrogens (tertiary/aromatic N) is 3. The quantitative estimate of drug-likeness (QED) is 0.479. The van der Waals surface area contributed by atoms with E-state index >= 15 is 0 Å². The molecule has 3 heterocycles. The molecular formula is C26H34N3O4P. The number of fused-ring (bicyclic) bond motifs is 4. The number of carbonyl (C=O) groups excluding carboxylic acids is 2. The maximum atomic E-state index is 13.6. The van der Waals surface area contributed by atoms with Gasteiger partial charge in [0.15, 0.2) is 17.2 Å². The molecule has 3 aliphatic rings. The summed E-state index contributed by atoms with van der Waals surface area (Å²) in [7, 11) is 4.12. The summed E-state index contributed by atoms with van der Waals surface area (Å²) in [5.74, 6) is 0.00665. The minimum Gasteiger partial charge on any atom is -0.474 e. The van der Waals surface area contributed by atoms with Crippen molar-refractivity contribution in [3.8, 4) is 5.75 Å². The van der Waals surface area contributed by atoms with Gasteiger partial charge in [-0.3, -0.25) is 19.3 Å². The van der Waals surface area contributed by atoms with E-state index in [0.717, 1.165) is 31.4 Å². The monoisotopic (exact) mass is 483 g/mol. The molecule has 1 amide bonds. The van der Waals surface area contributed by atoms with Gasteiger partial charge in [-0.25, -0.2) is 0 Å². The van der Waals surface area contributed by atoms with E-state index in [1.807, 2.05) is 56.1 Å². The molecule has 2 fully saturated rings. The van der Waals surface area contributed by atoms with E-state index < -0.39 is 5.43 Å². The van der Waals surface area contributed by atoms with Crippen molar-refractivity contribution in [1.29, 1.82) is 0 Å². The van der Waals surface area contributed by atoms with Crippen molar-refractivity contribution in [1.82, 2.24) is 14.4 Å². The van der Waals surface area contributed by atoms with E-state index in [1.54, 1.807) is 10.8 Å². The normalized spacial score (nSPS) is 23.4. The van der Waals surface area contributed by atoms with Gasteiger partial charge in [-0.15, -0.1) is 0 Å². The molecular weight excluding hydrogens is 449 g/mol. The van der Waals surface area contributed by atoms with Crippen LogP contribution < -0.4 is 9.95 Å². The molecule has 1 aliphatic carbocycles. The van der Waals surface area contributed by atoms with Crippen molar-refractivity contribution >= 4 is 21.2 Å². The average Bonchev–Trinajstić information content (AvgIpc) is 3.32. The second-order valence-corrected chi connectivity index (χ2v) is 9.36. The fourth-order valence-corrected chi connectivity index (χ4v) is 5.90. The topological polar surface area (TPSA) is 71.8 Å². The molecule has 1 saturated heterocycles. The number of ketones is 1. The Kier molecular flexibility index (Phi) is 7.54. The third-order valence-electron chi connectivity index (χ3n) is 7.27. The van der Waals surface area contributed by atoms with Crippen molar-refractivity contribution in [2.24, 2.45) is 5.92 Å². The zero-order valence-electron chi connectivity index (χ0n) is 20.2. The first-order chi connectivity index (χ1) is 16.5. The van der Waals surface area contributed by atoms with Gasteiger partial charge < -0.3 is 14.0 Å². The Labute approximate surface area is 203 Å². The number of aryl methyl sites for hydroxylation is 1. The standard InChI is InChI=1S/C24H28N3O4P.C2H6/c1-25-12-16-8-5-9-18(16)27-20(25)14-26-13-17(22(29)23(31-32)21(26)24(27)30)19(28)11-10-15-6-3-2-4-7-15;1-2/h2-4,6-7,13,16,18,20H,5,8-12,14,32H2,1H3;1-2H3/t16-,18-,20-;/m0./s1. The molecule has 0 radical (unpaired) electrons. The van der Waals surface area contributed by atoms with Crippen LogP contribution in [0.3, 0.4) is 0 Å². The van der Waals surface area contributed by atoms with Crippen LogP contribution in [-0.4, -0.2) is 51.9 Å². The number of Topliss-reactive ketones (excluding diaryl/α,β-unsaturated/α-hetero) is 1. The van der Waals surface area contributed by atoms with Gasteiger partial charge in [0, 0.05) is 25.2 Å². The second kappa shape index (κ2) is 10.4. The molecule has 4 atom stereocenters. The van der Waals surface area contributed by atoms with Gasteiger partial charge >= 0.3 is 0 Å². The third-order valence-corrected chi connectivity index (χ3v) is 7.50. The van der Waals surface area contributed by atoms with E-state index in [-0.39, 0.29) is 47.3 Å². The zero-order valence-corrected chi connectivity index (χ0v) is 21.4. The smallest absolute Gasteiger partial charge is 0.276 e. The van der Waals surface area contributed by atoms with Crippen LogP contribution in [0.2, 0.25) is 0 Å². The van der Waals surface area contributed by atoms with Gasteiger partial charge in [0.25, 0.3) is 5.91 Å². The number of benzene rings is 1. The van der Waals surface area contributed by atoms with Crippen LogP contribution in [0, 0.1) is 5.92 Å². The van der Waals surface area contributed by atoms with Crippen molar-refractivity contribution in [2.75, 3.05) is 13.6 Å². The maximum absolute atomic E-state index is 13.6. The molecule has 7 nitrogen and oxygen atoms in total. The lowest BCUT2D eigenvalue weighted by molar-refractivity contribution is -0.0422. The number of hydrogen-bond acceptors (Lipinski definition) is 5. The van der Waals surface area contributed by atoms with Crippen LogP contribution in [0.5, 0.6) is 5.75 Å². The first kappa shape index (κ1) is 24.6. The molecule has 34 heavy (non-hydrogen) atoms. The Hall–Kier alpha value is -2.50. The Bertz CT molecular complexity index is 1120. The Morgan fingerprint density at radius 2 is 1.85 bits per heavy atom. The minimum absolute atomic E-state index is 0.0493. The predicted octanol–water partition coefficient (Wildman–Crippen LogP) is 3.75. The summed E-state index contributed by atoms with van der Waals surface area (Å²) < 4.78 is 7.11. The maximum Gasteiger partial charge on any atom is 0.276 e. The molecule has 2 aromatic rings. The van der Waals surface area contributed by atoms with Gasteiger partial charge in [0.05, 0.1) is 21.6 Å². The van der Waals surface area contributed by atoms with Crippen LogP contribution in [-0.2, 0) is 13.0 Å². The first-order valence-corrected chi connectivity index (χ1v) is 12.7. The summed E-state index contributed by atoms with van der Waals surface area (Å²) in [5, 5.41) is 0. The van der Waals surface area contributed by atoms with E-state index in [9.17, 15) is 14.4 Å². The van der Waals surface area contributed by atoms with Crippen LogP contribution in [0.4, 0.5) is 0 Å². The van der Waals surface area contributed by atoms with Crippen LogP contribution in [0.25, 0.3) is 0 Å². The first-order valence-electron chi connectivity index (χ1n) is 12.2. The fourth-order valence-electron chi connectivity index (χ4n) is 5.68.